The van der Waals surface area contributed by atoms with Crippen molar-refractivity contribution in [3.63, 3.8) is 0 Å². The van der Waals surface area contributed by atoms with Crippen LogP contribution in [-0.4, -0.2) is 90.1 Å². The number of fused-ring (bicyclic) bond motifs is 1. The quantitative estimate of drug-likeness (QED) is 0.406. The second kappa shape index (κ2) is 13.5. The van der Waals surface area contributed by atoms with Crippen molar-refractivity contribution in [1.29, 1.82) is 0 Å². The van der Waals surface area contributed by atoms with E-state index in [1.165, 1.54) is 11.3 Å². The highest BCUT2D eigenvalue weighted by Gasteiger charge is 2.37. The second-order valence-electron chi connectivity index (χ2n) is 11.5. The van der Waals surface area contributed by atoms with E-state index in [1.807, 2.05) is 62.6 Å². The highest BCUT2D eigenvalue weighted by molar-refractivity contribution is 6.30. The Balaban J connectivity index is 1.32. The van der Waals surface area contributed by atoms with Gasteiger partial charge in [0.15, 0.2) is 0 Å². The summed E-state index contributed by atoms with van der Waals surface area (Å²) in [6.45, 7) is 3.31. The number of hydrogen-bond acceptors (Lipinski definition) is 5. The molecule has 3 aromatic carbocycles. The summed E-state index contributed by atoms with van der Waals surface area (Å²) in [5.74, 6) is -0.650. The van der Waals surface area contributed by atoms with Crippen LogP contribution in [0.25, 0.3) is 0 Å². The largest absolute Gasteiger partial charge is 0.465 e. The van der Waals surface area contributed by atoms with Crippen molar-refractivity contribution in [2.45, 2.75) is 38.0 Å². The number of hydrogen-bond donors (Lipinski definition) is 2. The number of para-hydroxylation sites is 1. The van der Waals surface area contributed by atoms with E-state index in [0.29, 0.717) is 31.2 Å². The number of nitrogens with one attached hydrogen (secondary N) is 1. The van der Waals surface area contributed by atoms with Crippen LogP contribution < -0.4 is 10.2 Å². The summed E-state index contributed by atoms with van der Waals surface area (Å²) >= 11 is 6.10. The molecular formula is C33H38ClN5O4. The van der Waals surface area contributed by atoms with Crippen molar-refractivity contribution < 1.29 is 19.5 Å². The Labute approximate surface area is 257 Å². The first-order chi connectivity index (χ1) is 20.7. The predicted molar refractivity (Wildman–Crippen MR) is 167 cm³/mol. The zero-order valence-electron chi connectivity index (χ0n) is 24.6. The second-order valence-corrected chi connectivity index (χ2v) is 11.9. The molecule has 1 saturated heterocycles. The molecule has 0 bridgehead atoms. The minimum Gasteiger partial charge on any atom is -0.465 e. The normalized spacial score (nSPS) is 17.4. The minimum atomic E-state index is -1.17. The molecule has 43 heavy (non-hydrogen) atoms. The molecule has 10 heteroatoms. The van der Waals surface area contributed by atoms with Gasteiger partial charge in [0, 0.05) is 56.3 Å². The number of carbonyl (C=O) groups is 3. The highest BCUT2D eigenvalue weighted by Crippen LogP contribution is 2.25. The SMILES string of the molecule is CN(C)Cc1ccccc1N1CCN(C(=O)[C@@H](Cc2ccc(Cl)cc2)NC(=O)[C@@H]2Cc3ccccc3CN2C(=O)O)CC1. The van der Waals surface area contributed by atoms with Crippen LogP contribution in [-0.2, 0) is 35.5 Å². The smallest absolute Gasteiger partial charge is 0.408 e. The zero-order chi connectivity index (χ0) is 30.5. The van der Waals surface area contributed by atoms with Crippen molar-refractivity contribution in [2.75, 3.05) is 45.2 Å². The first-order valence-electron chi connectivity index (χ1n) is 14.6. The van der Waals surface area contributed by atoms with Crippen LogP contribution >= 0.6 is 11.6 Å². The molecule has 2 N–H and O–H groups in total. The van der Waals surface area contributed by atoms with Gasteiger partial charge in [0.2, 0.25) is 11.8 Å². The standard InChI is InChI=1S/C33H38ClN5O4/c1-36(2)21-26-9-5-6-10-29(26)37-15-17-38(18-16-37)32(41)28(19-23-11-13-27(34)14-12-23)35-31(40)30-20-24-7-3-4-8-25(24)22-39(30)33(42)43/h3-14,28,30H,15-22H2,1-2H3,(H,35,40)(H,42,43)/t28-,30+/m1/s1. The monoisotopic (exact) mass is 603 g/mol. The lowest BCUT2D eigenvalue weighted by molar-refractivity contribution is -0.138. The molecule has 2 heterocycles. The average Bonchev–Trinajstić information content (AvgIpc) is 3.00. The Morgan fingerprint density at radius 1 is 0.930 bits per heavy atom. The number of anilines is 1. The van der Waals surface area contributed by atoms with Crippen LogP contribution in [0.1, 0.15) is 22.3 Å². The number of carbonyl (C=O) groups excluding carboxylic acids is 2. The zero-order valence-corrected chi connectivity index (χ0v) is 25.3. The number of rotatable bonds is 8. The van der Waals surface area contributed by atoms with Gasteiger partial charge in [-0.3, -0.25) is 14.5 Å². The first-order valence-corrected chi connectivity index (χ1v) is 14.9. The highest BCUT2D eigenvalue weighted by atomic mass is 35.5. The van der Waals surface area contributed by atoms with Gasteiger partial charge in [0.05, 0.1) is 6.54 Å². The lowest BCUT2D eigenvalue weighted by Gasteiger charge is -2.39. The molecule has 3 amide bonds. The Bertz CT molecular complexity index is 1460. The Morgan fingerprint density at radius 3 is 2.26 bits per heavy atom. The van der Waals surface area contributed by atoms with E-state index in [2.05, 4.69) is 27.2 Å². The fourth-order valence-corrected chi connectivity index (χ4v) is 6.09. The molecule has 2 aliphatic rings. The Kier molecular flexibility index (Phi) is 9.52. The summed E-state index contributed by atoms with van der Waals surface area (Å²) in [5, 5.41) is 13.5. The van der Waals surface area contributed by atoms with Gasteiger partial charge < -0.3 is 25.1 Å². The van der Waals surface area contributed by atoms with E-state index in [4.69, 9.17) is 11.6 Å². The predicted octanol–water partition coefficient (Wildman–Crippen LogP) is 3.88. The molecule has 3 aromatic rings. The van der Waals surface area contributed by atoms with Gasteiger partial charge in [-0.15, -0.1) is 0 Å². The molecule has 1 fully saturated rings. The molecule has 2 aliphatic heterocycles. The van der Waals surface area contributed by atoms with E-state index in [9.17, 15) is 19.5 Å². The number of amides is 3. The van der Waals surface area contributed by atoms with Crippen molar-refractivity contribution in [3.8, 4) is 0 Å². The number of piperazine rings is 1. The van der Waals surface area contributed by atoms with E-state index in [1.54, 1.807) is 17.0 Å². The van der Waals surface area contributed by atoms with E-state index in [-0.39, 0.29) is 25.3 Å². The molecule has 9 nitrogen and oxygen atoms in total. The molecule has 0 aliphatic carbocycles. The van der Waals surface area contributed by atoms with Gasteiger partial charge in [-0.25, -0.2) is 4.79 Å². The third kappa shape index (κ3) is 7.29. The Hall–Kier alpha value is -4.08. The van der Waals surface area contributed by atoms with E-state index in [0.717, 1.165) is 28.1 Å². The van der Waals surface area contributed by atoms with Crippen molar-refractivity contribution in [3.05, 3.63) is 100 Å². The lowest BCUT2D eigenvalue weighted by Crippen LogP contribution is -2.59. The molecule has 226 valence electrons. The molecule has 0 radical (unpaired) electrons. The average molecular weight is 604 g/mol. The summed E-state index contributed by atoms with van der Waals surface area (Å²) in [4.78, 5) is 47.2. The van der Waals surface area contributed by atoms with Crippen LogP contribution in [0.2, 0.25) is 5.02 Å². The number of benzene rings is 3. The van der Waals surface area contributed by atoms with Crippen LogP contribution in [0.15, 0.2) is 72.8 Å². The fraction of sp³-hybridized carbons (Fsp3) is 0.364. The third-order valence-electron chi connectivity index (χ3n) is 8.17. The lowest BCUT2D eigenvalue weighted by atomic mass is 9.93. The summed E-state index contributed by atoms with van der Waals surface area (Å²) in [6.07, 6.45) is -0.647. The molecule has 0 saturated carbocycles. The number of nitrogens with zero attached hydrogens (tertiary/aromatic N) is 4. The minimum absolute atomic E-state index is 0.122. The third-order valence-corrected chi connectivity index (χ3v) is 8.43. The van der Waals surface area contributed by atoms with Gasteiger partial charge in [0.25, 0.3) is 0 Å². The maximum absolute atomic E-state index is 14.0. The first kappa shape index (κ1) is 30.4. The van der Waals surface area contributed by atoms with Gasteiger partial charge in [-0.05, 0) is 54.5 Å². The summed E-state index contributed by atoms with van der Waals surface area (Å²) in [7, 11) is 4.09. The van der Waals surface area contributed by atoms with Gasteiger partial charge >= 0.3 is 6.09 Å². The summed E-state index contributed by atoms with van der Waals surface area (Å²) in [6, 6.07) is 21.3. The summed E-state index contributed by atoms with van der Waals surface area (Å²) in [5.41, 5.74) is 5.07. The van der Waals surface area contributed by atoms with Crippen LogP contribution in [0, 0.1) is 0 Å². The van der Waals surface area contributed by atoms with Gasteiger partial charge in [-0.2, -0.15) is 0 Å². The van der Waals surface area contributed by atoms with Gasteiger partial charge in [0.1, 0.15) is 12.1 Å². The van der Waals surface area contributed by atoms with Crippen molar-refractivity contribution in [2.24, 2.45) is 0 Å². The van der Waals surface area contributed by atoms with Crippen LogP contribution in [0.5, 0.6) is 0 Å². The van der Waals surface area contributed by atoms with E-state index < -0.39 is 24.1 Å². The molecule has 0 spiro atoms. The maximum Gasteiger partial charge on any atom is 0.408 e. The molecule has 0 aromatic heterocycles. The summed E-state index contributed by atoms with van der Waals surface area (Å²) < 4.78 is 0. The Morgan fingerprint density at radius 2 is 1.58 bits per heavy atom. The molecule has 5 rings (SSSR count). The van der Waals surface area contributed by atoms with Crippen LogP contribution in [0.3, 0.4) is 0 Å². The van der Waals surface area contributed by atoms with Crippen molar-refractivity contribution >= 4 is 35.2 Å². The topological polar surface area (TPSA) is 96.4 Å². The molecular weight excluding hydrogens is 566 g/mol. The fourth-order valence-electron chi connectivity index (χ4n) is 5.96. The van der Waals surface area contributed by atoms with Gasteiger partial charge in [-0.1, -0.05) is 66.2 Å². The number of halogens is 1. The van der Waals surface area contributed by atoms with Crippen molar-refractivity contribution in [1.82, 2.24) is 20.0 Å². The maximum atomic E-state index is 14.0. The van der Waals surface area contributed by atoms with Crippen LogP contribution in [0.4, 0.5) is 10.5 Å². The molecule has 2 atom stereocenters. The van der Waals surface area contributed by atoms with E-state index >= 15 is 0 Å². The number of carboxylic acid groups (broad SMARTS) is 1. The molecule has 0 unspecified atom stereocenters.